The summed E-state index contributed by atoms with van der Waals surface area (Å²) >= 11 is 0. The second-order valence-corrected chi connectivity index (χ2v) is 5.06. The van der Waals surface area contributed by atoms with Crippen LogP contribution in [0.25, 0.3) is 0 Å². The van der Waals surface area contributed by atoms with Gasteiger partial charge in [0, 0.05) is 19.3 Å². The van der Waals surface area contributed by atoms with E-state index in [9.17, 15) is 14.4 Å². The molecule has 1 saturated heterocycles. The van der Waals surface area contributed by atoms with Crippen LogP contribution < -0.4 is 5.32 Å². The van der Waals surface area contributed by atoms with E-state index in [0.29, 0.717) is 11.3 Å². The van der Waals surface area contributed by atoms with E-state index < -0.39 is 17.5 Å². The van der Waals surface area contributed by atoms with Gasteiger partial charge < -0.3 is 9.94 Å². The van der Waals surface area contributed by atoms with Crippen molar-refractivity contribution in [3.63, 3.8) is 0 Å². The Hall–Kier alpha value is -2.70. The number of rotatable bonds is 2. The van der Waals surface area contributed by atoms with Gasteiger partial charge in [-0.25, -0.2) is 4.79 Å². The molecule has 0 radical (unpaired) electrons. The second kappa shape index (κ2) is 4.69. The predicted octanol–water partition coefficient (Wildman–Crippen LogP) is 0.685. The Kier molecular flexibility index (Phi) is 2.97. The van der Waals surface area contributed by atoms with Crippen LogP contribution in [0.2, 0.25) is 0 Å². The summed E-state index contributed by atoms with van der Waals surface area (Å²) in [6.07, 6.45) is 0.767. The van der Waals surface area contributed by atoms with Gasteiger partial charge in [0.05, 0.1) is 11.3 Å². The number of hydrogen-bond acceptors (Lipinski definition) is 5. The predicted molar refractivity (Wildman–Crippen MR) is 70.8 cm³/mol. The molecular weight excluding hydrogens is 276 g/mol. The van der Waals surface area contributed by atoms with Crippen LogP contribution in [0.15, 0.2) is 29.4 Å². The van der Waals surface area contributed by atoms with E-state index in [2.05, 4.69) is 10.5 Å². The maximum atomic E-state index is 11.9. The molecule has 2 aliphatic heterocycles. The molecule has 0 saturated carbocycles. The molecule has 1 unspecified atom stereocenters. The summed E-state index contributed by atoms with van der Waals surface area (Å²) < 4.78 is 0. The lowest BCUT2D eigenvalue weighted by atomic mass is 9.86. The van der Waals surface area contributed by atoms with Gasteiger partial charge in [-0.1, -0.05) is 17.3 Å². The smallest absolute Gasteiger partial charge is 0.335 e. The number of carboxylic acids is 1. The zero-order valence-corrected chi connectivity index (χ0v) is 11.0. The Labute approximate surface area is 119 Å². The number of carbonyl (C=O) groups excluding carboxylic acids is 2. The van der Waals surface area contributed by atoms with Crippen molar-refractivity contribution in [1.82, 2.24) is 5.32 Å². The number of nitrogens with zero attached hydrogens (tertiary/aromatic N) is 1. The summed E-state index contributed by atoms with van der Waals surface area (Å²) in [5.74, 6) is -1.79. The van der Waals surface area contributed by atoms with Gasteiger partial charge in [0.25, 0.3) is 5.91 Å². The average Bonchev–Trinajstić information content (AvgIpc) is 2.89. The van der Waals surface area contributed by atoms with E-state index >= 15 is 0 Å². The molecule has 0 bridgehead atoms. The summed E-state index contributed by atoms with van der Waals surface area (Å²) in [5.41, 5.74) is 0.321. The minimum atomic E-state index is -1.12. The van der Waals surface area contributed by atoms with Gasteiger partial charge in [0.15, 0.2) is 0 Å². The molecule has 21 heavy (non-hydrogen) atoms. The molecule has 2 heterocycles. The first kappa shape index (κ1) is 13.3. The number of benzene rings is 1. The Morgan fingerprint density at radius 2 is 2.00 bits per heavy atom. The van der Waals surface area contributed by atoms with Crippen molar-refractivity contribution in [2.75, 3.05) is 0 Å². The van der Waals surface area contributed by atoms with Gasteiger partial charge in [-0.15, -0.1) is 0 Å². The van der Waals surface area contributed by atoms with E-state index in [1.807, 2.05) is 0 Å². The average molecular weight is 288 g/mol. The lowest BCUT2D eigenvalue weighted by molar-refractivity contribution is -0.153. The van der Waals surface area contributed by atoms with Crippen LogP contribution in [-0.2, 0) is 14.4 Å². The van der Waals surface area contributed by atoms with Crippen molar-refractivity contribution in [1.29, 1.82) is 0 Å². The quantitative estimate of drug-likeness (QED) is 0.779. The van der Waals surface area contributed by atoms with E-state index in [-0.39, 0.29) is 30.7 Å². The number of carboxylic acid groups (broad SMARTS) is 1. The Balaban J connectivity index is 1.79. The number of oxime groups is 1. The molecule has 7 nitrogen and oxygen atoms in total. The molecule has 3 rings (SSSR count). The standard InChI is InChI=1S/C14H12N2O5/c17-11-5-6-14(13(20)15-11)7-10(16-21-14)8-1-3-9(4-2-8)12(18)19/h1-4H,5-7H2,(H,18,19)(H,15,17,20). The number of hydrogen-bond donors (Lipinski definition) is 2. The molecule has 0 aliphatic carbocycles. The van der Waals surface area contributed by atoms with Gasteiger partial charge in [0.1, 0.15) is 0 Å². The summed E-state index contributed by atoms with van der Waals surface area (Å²) in [5, 5.41) is 15.0. The number of aromatic carboxylic acids is 1. The zero-order valence-electron chi connectivity index (χ0n) is 11.0. The fraction of sp³-hybridized carbons (Fsp3) is 0.286. The van der Waals surface area contributed by atoms with E-state index in [1.165, 1.54) is 12.1 Å². The summed E-state index contributed by atoms with van der Waals surface area (Å²) in [7, 11) is 0. The van der Waals surface area contributed by atoms with Crippen LogP contribution in [0.4, 0.5) is 0 Å². The summed E-state index contributed by atoms with van der Waals surface area (Å²) in [6.45, 7) is 0. The van der Waals surface area contributed by atoms with Gasteiger partial charge in [-0.3, -0.25) is 14.9 Å². The molecule has 1 spiro atoms. The van der Waals surface area contributed by atoms with Crippen molar-refractivity contribution in [3.8, 4) is 0 Å². The zero-order chi connectivity index (χ0) is 15.0. The topological polar surface area (TPSA) is 105 Å². The third-order valence-corrected chi connectivity index (χ3v) is 3.67. The monoisotopic (exact) mass is 288 g/mol. The fourth-order valence-electron chi connectivity index (χ4n) is 2.43. The van der Waals surface area contributed by atoms with E-state index in [4.69, 9.17) is 9.94 Å². The highest BCUT2D eigenvalue weighted by Crippen LogP contribution is 2.33. The molecule has 1 aromatic rings. The molecule has 0 aromatic heterocycles. The van der Waals surface area contributed by atoms with Crippen LogP contribution >= 0.6 is 0 Å². The first-order chi connectivity index (χ1) is 10.00. The van der Waals surface area contributed by atoms with Crippen LogP contribution in [0.5, 0.6) is 0 Å². The first-order valence-electron chi connectivity index (χ1n) is 6.43. The molecular formula is C14H12N2O5. The number of amides is 2. The number of nitrogens with one attached hydrogen (secondary N) is 1. The largest absolute Gasteiger partial charge is 0.478 e. The van der Waals surface area contributed by atoms with Crippen LogP contribution in [0.1, 0.15) is 35.2 Å². The SMILES string of the molecule is O=C1CCC2(CC(c3ccc(C(=O)O)cc3)=NO2)C(=O)N1. The highest BCUT2D eigenvalue weighted by atomic mass is 16.7. The molecule has 1 fully saturated rings. The van der Waals surface area contributed by atoms with Gasteiger partial charge in [0.2, 0.25) is 11.5 Å². The third kappa shape index (κ3) is 2.26. The summed E-state index contributed by atoms with van der Waals surface area (Å²) in [6, 6.07) is 6.18. The van der Waals surface area contributed by atoms with Crippen LogP contribution in [0, 0.1) is 0 Å². The second-order valence-electron chi connectivity index (χ2n) is 5.06. The maximum absolute atomic E-state index is 11.9. The van der Waals surface area contributed by atoms with Crippen molar-refractivity contribution in [2.24, 2.45) is 5.16 Å². The highest BCUT2D eigenvalue weighted by molar-refractivity contribution is 6.09. The molecule has 1 atom stereocenters. The lowest BCUT2D eigenvalue weighted by Gasteiger charge is -2.28. The lowest BCUT2D eigenvalue weighted by Crippen LogP contribution is -2.53. The maximum Gasteiger partial charge on any atom is 0.335 e. The summed E-state index contributed by atoms with van der Waals surface area (Å²) in [4.78, 5) is 39.2. The Morgan fingerprint density at radius 3 is 2.62 bits per heavy atom. The number of carbonyl (C=O) groups is 3. The minimum absolute atomic E-state index is 0.175. The van der Waals surface area contributed by atoms with Gasteiger partial charge in [-0.2, -0.15) is 0 Å². The third-order valence-electron chi connectivity index (χ3n) is 3.67. The number of imide groups is 1. The number of piperidine rings is 1. The molecule has 2 aliphatic rings. The van der Waals surface area contributed by atoms with Gasteiger partial charge in [-0.05, 0) is 17.7 Å². The molecule has 2 amide bonds. The Morgan fingerprint density at radius 1 is 1.29 bits per heavy atom. The van der Waals surface area contributed by atoms with E-state index in [1.54, 1.807) is 12.1 Å². The van der Waals surface area contributed by atoms with Crippen LogP contribution in [-0.4, -0.2) is 34.2 Å². The van der Waals surface area contributed by atoms with Crippen LogP contribution in [0.3, 0.4) is 0 Å². The van der Waals surface area contributed by atoms with Crippen molar-refractivity contribution in [2.45, 2.75) is 24.9 Å². The van der Waals surface area contributed by atoms with Crippen molar-refractivity contribution < 1.29 is 24.3 Å². The molecule has 7 heteroatoms. The van der Waals surface area contributed by atoms with Crippen molar-refractivity contribution in [3.05, 3.63) is 35.4 Å². The highest BCUT2D eigenvalue weighted by Gasteiger charge is 2.49. The molecule has 2 N–H and O–H groups in total. The van der Waals surface area contributed by atoms with Gasteiger partial charge >= 0.3 is 5.97 Å². The minimum Gasteiger partial charge on any atom is -0.478 e. The van der Waals surface area contributed by atoms with E-state index in [0.717, 1.165) is 0 Å². The van der Waals surface area contributed by atoms with Crippen molar-refractivity contribution >= 4 is 23.5 Å². The molecule has 1 aromatic carbocycles. The normalized spacial score (nSPS) is 24.5. The fourth-order valence-corrected chi connectivity index (χ4v) is 2.43. The first-order valence-corrected chi connectivity index (χ1v) is 6.43. The molecule has 108 valence electrons. The Bertz CT molecular complexity index is 664.